The van der Waals surface area contributed by atoms with Crippen molar-refractivity contribution in [3.63, 3.8) is 0 Å². The molecule has 2 atom stereocenters. The Morgan fingerprint density at radius 2 is 2.13 bits per heavy atom. The van der Waals surface area contributed by atoms with Gasteiger partial charge in [0, 0.05) is 12.6 Å². The Morgan fingerprint density at radius 1 is 1.40 bits per heavy atom. The number of hydrogen-bond acceptors (Lipinski definition) is 2. The smallest absolute Gasteiger partial charge is 0.123 e. The lowest BCUT2D eigenvalue weighted by atomic mass is 9.94. The Hall–Kier alpha value is -0.930. The van der Waals surface area contributed by atoms with Crippen molar-refractivity contribution < 1.29 is 9.13 Å². The molecule has 0 aliphatic carbocycles. The molecule has 1 aromatic rings. The van der Waals surface area contributed by atoms with Crippen LogP contribution in [0.5, 0.6) is 0 Å². The number of nitrogens with two attached hydrogens (primary N) is 1. The van der Waals surface area contributed by atoms with Gasteiger partial charge in [-0.25, -0.2) is 4.39 Å². The summed E-state index contributed by atoms with van der Waals surface area (Å²) in [7, 11) is 0. The lowest BCUT2D eigenvalue weighted by Crippen LogP contribution is -2.32. The molecule has 82 valence electrons. The number of rotatable bonds is 3. The third-order valence-electron chi connectivity index (χ3n) is 2.96. The summed E-state index contributed by atoms with van der Waals surface area (Å²) in [5.74, 6) is 0.256. The van der Waals surface area contributed by atoms with E-state index >= 15 is 0 Å². The van der Waals surface area contributed by atoms with Crippen LogP contribution in [0, 0.1) is 11.7 Å². The topological polar surface area (TPSA) is 35.2 Å². The van der Waals surface area contributed by atoms with E-state index in [9.17, 15) is 4.39 Å². The van der Waals surface area contributed by atoms with Crippen LogP contribution in [-0.2, 0) is 11.2 Å². The van der Waals surface area contributed by atoms with Crippen LogP contribution in [-0.4, -0.2) is 19.3 Å². The first kappa shape index (κ1) is 10.6. The zero-order valence-corrected chi connectivity index (χ0v) is 8.66. The van der Waals surface area contributed by atoms with E-state index in [4.69, 9.17) is 10.5 Å². The van der Waals surface area contributed by atoms with E-state index in [1.807, 2.05) is 0 Å². The molecule has 3 heteroatoms. The van der Waals surface area contributed by atoms with E-state index in [0.29, 0.717) is 5.92 Å². The Kier molecular flexibility index (Phi) is 3.34. The van der Waals surface area contributed by atoms with Crippen molar-refractivity contribution in [2.24, 2.45) is 11.7 Å². The van der Waals surface area contributed by atoms with Gasteiger partial charge in [-0.15, -0.1) is 0 Å². The van der Waals surface area contributed by atoms with Gasteiger partial charge in [-0.1, -0.05) is 12.1 Å². The largest absolute Gasteiger partial charge is 0.381 e. The second-order valence-corrected chi connectivity index (χ2v) is 4.12. The standard InChI is InChI=1S/C12H16FNO/c13-11-3-1-9(2-4-11)7-12(14)10-5-6-15-8-10/h1-4,10,12H,5-8,14H2. The lowest BCUT2D eigenvalue weighted by Gasteiger charge is -2.17. The summed E-state index contributed by atoms with van der Waals surface area (Å²) < 4.78 is 18.0. The van der Waals surface area contributed by atoms with Crippen LogP contribution in [0.15, 0.2) is 24.3 Å². The van der Waals surface area contributed by atoms with Gasteiger partial charge >= 0.3 is 0 Å². The van der Waals surface area contributed by atoms with Crippen LogP contribution < -0.4 is 5.73 Å². The highest BCUT2D eigenvalue weighted by atomic mass is 19.1. The molecule has 0 radical (unpaired) electrons. The van der Waals surface area contributed by atoms with Crippen molar-refractivity contribution in [3.05, 3.63) is 35.6 Å². The highest BCUT2D eigenvalue weighted by molar-refractivity contribution is 5.17. The normalized spacial score (nSPS) is 22.9. The molecule has 1 fully saturated rings. The van der Waals surface area contributed by atoms with Crippen LogP contribution in [0.4, 0.5) is 4.39 Å². The summed E-state index contributed by atoms with van der Waals surface area (Å²) in [5, 5.41) is 0. The second kappa shape index (κ2) is 4.73. The Bertz CT molecular complexity index is 306. The minimum atomic E-state index is -0.198. The fraction of sp³-hybridized carbons (Fsp3) is 0.500. The maximum Gasteiger partial charge on any atom is 0.123 e. The molecule has 1 aliphatic rings. The predicted octanol–water partition coefficient (Wildman–Crippen LogP) is 1.73. The van der Waals surface area contributed by atoms with Crippen molar-refractivity contribution in [2.45, 2.75) is 18.9 Å². The van der Waals surface area contributed by atoms with Crippen LogP contribution >= 0.6 is 0 Å². The van der Waals surface area contributed by atoms with E-state index in [1.165, 1.54) is 12.1 Å². The second-order valence-electron chi connectivity index (χ2n) is 4.12. The van der Waals surface area contributed by atoms with Gasteiger partial charge in [0.05, 0.1) is 6.61 Å². The highest BCUT2D eigenvalue weighted by Crippen LogP contribution is 2.18. The number of halogens is 1. The number of ether oxygens (including phenoxy) is 1. The number of hydrogen-bond donors (Lipinski definition) is 1. The average Bonchev–Trinajstić information content (AvgIpc) is 2.74. The van der Waals surface area contributed by atoms with Crippen LogP contribution in [0.2, 0.25) is 0 Å². The molecule has 2 rings (SSSR count). The average molecular weight is 209 g/mol. The molecule has 1 saturated heterocycles. The minimum absolute atomic E-state index is 0.123. The predicted molar refractivity (Wildman–Crippen MR) is 57.0 cm³/mol. The molecule has 1 aromatic carbocycles. The summed E-state index contributed by atoms with van der Waals surface area (Å²) in [6.45, 7) is 1.59. The van der Waals surface area contributed by atoms with Gasteiger partial charge in [-0.2, -0.15) is 0 Å². The van der Waals surface area contributed by atoms with E-state index in [-0.39, 0.29) is 11.9 Å². The number of benzene rings is 1. The van der Waals surface area contributed by atoms with E-state index < -0.39 is 0 Å². The van der Waals surface area contributed by atoms with Crippen molar-refractivity contribution in [1.29, 1.82) is 0 Å². The Labute approximate surface area is 89.2 Å². The maximum absolute atomic E-state index is 12.7. The van der Waals surface area contributed by atoms with Gasteiger partial charge in [0.25, 0.3) is 0 Å². The zero-order valence-electron chi connectivity index (χ0n) is 8.66. The third kappa shape index (κ3) is 2.76. The first-order valence-electron chi connectivity index (χ1n) is 5.33. The van der Waals surface area contributed by atoms with Crippen LogP contribution in [0.25, 0.3) is 0 Å². The third-order valence-corrected chi connectivity index (χ3v) is 2.96. The molecule has 0 bridgehead atoms. The first-order valence-corrected chi connectivity index (χ1v) is 5.33. The molecule has 2 nitrogen and oxygen atoms in total. The minimum Gasteiger partial charge on any atom is -0.381 e. The van der Waals surface area contributed by atoms with Crippen molar-refractivity contribution >= 4 is 0 Å². The van der Waals surface area contributed by atoms with Gasteiger partial charge in [-0.05, 0) is 36.5 Å². The van der Waals surface area contributed by atoms with Gasteiger partial charge in [-0.3, -0.25) is 0 Å². The molecule has 0 aromatic heterocycles. The molecule has 2 N–H and O–H groups in total. The van der Waals surface area contributed by atoms with Gasteiger partial charge in [0.15, 0.2) is 0 Å². The molecular weight excluding hydrogens is 193 g/mol. The van der Waals surface area contributed by atoms with Crippen molar-refractivity contribution in [3.8, 4) is 0 Å². The lowest BCUT2D eigenvalue weighted by molar-refractivity contribution is 0.180. The molecule has 0 saturated carbocycles. The molecule has 0 spiro atoms. The van der Waals surface area contributed by atoms with E-state index in [0.717, 1.165) is 31.6 Å². The quantitative estimate of drug-likeness (QED) is 0.822. The van der Waals surface area contributed by atoms with Crippen molar-refractivity contribution in [2.75, 3.05) is 13.2 Å². The van der Waals surface area contributed by atoms with Crippen molar-refractivity contribution in [1.82, 2.24) is 0 Å². The van der Waals surface area contributed by atoms with Gasteiger partial charge < -0.3 is 10.5 Å². The fourth-order valence-electron chi connectivity index (χ4n) is 1.95. The summed E-state index contributed by atoms with van der Waals surface area (Å²) in [6, 6.07) is 6.68. The molecule has 2 unspecified atom stereocenters. The molecule has 1 aliphatic heterocycles. The highest BCUT2D eigenvalue weighted by Gasteiger charge is 2.22. The van der Waals surface area contributed by atoms with Gasteiger partial charge in [0.1, 0.15) is 5.82 Å². The summed E-state index contributed by atoms with van der Waals surface area (Å²) in [6.07, 6.45) is 1.84. The maximum atomic E-state index is 12.7. The molecule has 15 heavy (non-hydrogen) atoms. The monoisotopic (exact) mass is 209 g/mol. The van der Waals surface area contributed by atoms with E-state index in [2.05, 4.69) is 0 Å². The Morgan fingerprint density at radius 3 is 2.73 bits per heavy atom. The molecule has 1 heterocycles. The SMILES string of the molecule is NC(Cc1ccc(F)cc1)C1CCOC1. The van der Waals surface area contributed by atoms with E-state index in [1.54, 1.807) is 12.1 Å². The summed E-state index contributed by atoms with van der Waals surface area (Å²) in [5.41, 5.74) is 7.17. The van der Waals surface area contributed by atoms with Crippen LogP contribution in [0.3, 0.4) is 0 Å². The molecular formula is C12H16FNO. The summed E-state index contributed by atoms with van der Waals surface area (Å²) >= 11 is 0. The summed E-state index contributed by atoms with van der Waals surface area (Å²) in [4.78, 5) is 0. The molecule has 0 amide bonds. The fourth-order valence-corrected chi connectivity index (χ4v) is 1.95. The Balaban J connectivity index is 1.92. The van der Waals surface area contributed by atoms with Gasteiger partial charge in [0.2, 0.25) is 0 Å². The van der Waals surface area contributed by atoms with Crippen LogP contribution in [0.1, 0.15) is 12.0 Å². The zero-order chi connectivity index (χ0) is 10.7. The first-order chi connectivity index (χ1) is 7.25.